The molecule has 0 radical (unpaired) electrons. The number of aryl methyl sites for hydroxylation is 1. The number of hydrazone groups is 1. The number of fused-ring (bicyclic) bond motifs is 3. The minimum atomic E-state index is -0.757. The number of methoxy groups -OCH3 is 2. The SMILES string of the molecule is COc1ccc(C=NNC(=O)C(C)n2cnc3sc4c(c3c2=O)CCC(C)C4)c(OC)c1. The van der Waals surface area contributed by atoms with Crippen LogP contribution in [0.3, 0.4) is 0 Å². The van der Waals surface area contributed by atoms with Crippen LogP contribution in [-0.4, -0.2) is 35.9 Å². The second-order valence-corrected chi connectivity index (χ2v) is 9.09. The van der Waals surface area contributed by atoms with Gasteiger partial charge in [0.05, 0.1) is 32.1 Å². The van der Waals surface area contributed by atoms with Crippen molar-refractivity contribution in [2.24, 2.45) is 11.0 Å². The van der Waals surface area contributed by atoms with Gasteiger partial charge in [0.1, 0.15) is 22.4 Å². The molecular weight excluding hydrogens is 428 g/mol. The fourth-order valence-corrected chi connectivity index (χ4v) is 5.27. The molecular formula is C23H26N4O4S. The molecule has 0 bridgehead atoms. The van der Waals surface area contributed by atoms with Crippen LogP contribution in [0, 0.1) is 5.92 Å². The van der Waals surface area contributed by atoms with Crippen molar-refractivity contribution < 1.29 is 14.3 Å². The van der Waals surface area contributed by atoms with Crippen LogP contribution in [0.4, 0.5) is 0 Å². The van der Waals surface area contributed by atoms with Gasteiger partial charge in [-0.15, -0.1) is 11.3 Å². The fourth-order valence-electron chi connectivity index (χ4n) is 3.93. The van der Waals surface area contributed by atoms with Crippen LogP contribution in [0.5, 0.6) is 11.5 Å². The maximum absolute atomic E-state index is 13.2. The summed E-state index contributed by atoms with van der Waals surface area (Å²) in [6, 6.07) is 4.53. The zero-order valence-corrected chi connectivity index (χ0v) is 19.4. The van der Waals surface area contributed by atoms with E-state index in [4.69, 9.17) is 9.47 Å². The van der Waals surface area contributed by atoms with E-state index >= 15 is 0 Å². The first-order valence-corrected chi connectivity index (χ1v) is 11.3. The summed E-state index contributed by atoms with van der Waals surface area (Å²) in [6.45, 7) is 3.89. The Morgan fingerprint density at radius 3 is 2.94 bits per heavy atom. The minimum absolute atomic E-state index is 0.175. The van der Waals surface area contributed by atoms with Crippen LogP contribution < -0.4 is 20.5 Å². The molecule has 1 amide bonds. The van der Waals surface area contributed by atoms with E-state index in [1.165, 1.54) is 22.0 Å². The van der Waals surface area contributed by atoms with Crippen LogP contribution in [0.25, 0.3) is 10.2 Å². The summed E-state index contributed by atoms with van der Waals surface area (Å²) in [5, 5.41) is 4.69. The van der Waals surface area contributed by atoms with E-state index < -0.39 is 11.9 Å². The van der Waals surface area contributed by atoms with Crippen LogP contribution in [0.1, 0.15) is 42.3 Å². The van der Waals surface area contributed by atoms with E-state index in [-0.39, 0.29) is 5.56 Å². The maximum atomic E-state index is 13.2. The summed E-state index contributed by atoms with van der Waals surface area (Å²) in [5.74, 6) is 1.43. The molecule has 9 heteroatoms. The van der Waals surface area contributed by atoms with Gasteiger partial charge >= 0.3 is 0 Å². The Bertz CT molecular complexity index is 1250. The van der Waals surface area contributed by atoms with Gasteiger partial charge in [-0.3, -0.25) is 14.2 Å². The van der Waals surface area contributed by atoms with E-state index in [0.29, 0.717) is 28.4 Å². The van der Waals surface area contributed by atoms with Crippen LogP contribution in [0.2, 0.25) is 0 Å². The molecule has 0 saturated carbocycles. The Morgan fingerprint density at radius 1 is 1.38 bits per heavy atom. The predicted molar refractivity (Wildman–Crippen MR) is 125 cm³/mol. The van der Waals surface area contributed by atoms with E-state index in [0.717, 1.165) is 29.7 Å². The van der Waals surface area contributed by atoms with Crippen molar-refractivity contribution in [2.75, 3.05) is 14.2 Å². The number of ether oxygens (including phenoxy) is 2. The smallest absolute Gasteiger partial charge is 0.263 e. The van der Waals surface area contributed by atoms with Gasteiger partial charge in [0.15, 0.2) is 0 Å². The minimum Gasteiger partial charge on any atom is -0.497 e. The molecule has 0 aliphatic heterocycles. The fraction of sp³-hybridized carbons (Fsp3) is 0.391. The topological polar surface area (TPSA) is 94.8 Å². The highest BCUT2D eigenvalue weighted by Gasteiger charge is 2.25. The Kier molecular flexibility index (Phi) is 6.27. The number of nitrogens with one attached hydrogen (secondary N) is 1. The van der Waals surface area contributed by atoms with Crippen molar-refractivity contribution in [2.45, 2.75) is 39.2 Å². The summed E-state index contributed by atoms with van der Waals surface area (Å²) in [6.07, 6.45) is 5.87. The monoisotopic (exact) mass is 454 g/mol. The molecule has 8 nitrogen and oxygen atoms in total. The largest absolute Gasteiger partial charge is 0.497 e. The number of rotatable bonds is 6. The second kappa shape index (κ2) is 9.12. The van der Waals surface area contributed by atoms with Gasteiger partial charge in [-0.25, -0.2) is 10.4 Å². The van der Waals surface area contributed by atoms with Gasteiger partial charge in [0, 0.05) is 16.5 Å². The third-order valence-electron chi connectivity index (χ3n) is 5.86. The number of hydrogen-bond acceptors (Lipinski definition) is 7. The molecule has 168 valence electrons. The highest BCUT2D eigenvalue weighted by molar-refractivity contribution is 7.18. The molecule has 4 rings (SSSR count). The first-order chi connectivity index (χ1) is 15.4. The number of amides is 1. The maximum Gasteiger partial charge on any atom is 0.263 e. The average Bonchev–Trinajstić information content (AvgIpc) is 3.17. The Balaban J connectivity index is 1.54. The van der Waals surface area contributed by atoms with Gasteiger partial charge < -0.3 is 9.47 Å². The molecule has 32 heavy (non-hydrogen) atoms. The molecule has 0 spiro atoms. The number of benzene rings is 1. The van der Waals surface area contributed by atoms with Crippen molar-refractivity contribution in [3.8, 4) is 11.5 Å². The molecule has 1 N–H and O–H groups in total. The van der Waals surface area contributed by atoms with Crippen molar-refractivity contribution in [1.29, 1.82) is 0 Å². The summed E-state index contributed by atoms with van der Waals surface area (Å²) in [5.41, 5.74) is 4.11. The van der Waals surface area contributed by atoms with Crippen molar-refractivity contribution >= 4 is 33.7 Å². The van der Waals surface area contributed by atoms with Crippen LogP contribution in [0.15, 0.2) is 34.4 Å². The molecule has 3 aromatic rings. The number of aromatic nitrogens is 2. The van der Waals surface area contributed by atoms with E-state index in [9.17, 15) is 9.59 Å². The van der Waals surface area contributed by atoms with Crippen molar-refractivity contribution in [3.05, 3.63) is 50.9 Å². The van der Waals surface area contributed by atoms with E-state index in [1.54, 1.807) is 50.7 Å². The van der Waals surface area contributed by atoms with E-state index in [2.05, 4.69) is 22.4 Å². The van der Waals surface area contributed by atoms with Gasteiger partial charge in [0.2, 0.25) is 0 Å². The normalized spacial score (nSPS) is 16.7. The summed E-state index contributed by atoms with van der Waals surface area (Å²) < 4.78 is 11.9. The van der Waals surface area contributed by atoms with Crippen molar-refractivity contribution in [3.63, 3.8) is 0 Å². The van der Waals surface area contributed by atoms with Gasteiger partial charge in [-0.2, -0.15) is 5.10 Å². The zero-order valence-electron chi connectivity index (χ0n) is 18.5. The molecule has 1 aromatic carbocycles. The van der Waals surface area contributed by atoms with E-state index in [1.807, 2.05) is 0 Å². The van der Waals surface area contributed by atoms with Crippen molar-refractivity contribution in [1.82, 2.24) is 15.0 Å². The third kappa shape index (κ3) is 4.12. The number of hydrogen-bond donors (Lipinski definition) is 1. The Morgan fingerprint density at radius 2 is 2.19 bits per heavy atom. The Hall–Kier alpha value is -3.20. The lowest BCUT2D eigenvalue weighted by Gasteiger charge is -2.18. The molecule has 0 fully saturated rings. The molecule has 0 saturated heterocycles. The Labute approximate surface area is 189 Å². The standard InChI is InChI=1S/C23H26N4O4S/c1-13-5-8-17-19(9-13)32-22-20(17)23(29)27(12-24-22)14(2)21(28)26-25-11-15-6-7-16(30-3)10-18(15)31-4/h6-7,10-14H,5,8-9H2,1-4H3,(H,26,28). The number of thiophene rings is 1. The summed E-state index contributed by atoms with van der Waals surface area (Å²) >= 11 is 1.59. The third-order valence-corrected chi connectivity index (χ3v) is 7.02. The average molecular weight is 455 g/mol. The summed E-state index contributed by atoms with van der Waals surface area (Å²) in [4.78, 5) is 32.4. The lowest BCUT2D eigenvalue weighted by atomic mass is 9.89. The van der Waals surface area contributed by atoms with Gasteiger partial charge in [-0.1, -0.05) is 6.92 Å². The lowest BCUT2D eigenvalue weighted by molar-refractivity contribution is -0.123. The molecule has 2 atom stereocenters. The highest BCUT2D eigenvalue weighted by atomic mass is 32.1. The molecule has 2 heterocycles. The van der Waals surface area contributed by atoms with Crippen LogP contribution >= 0.6 is 11.3 Å². The summed E-state index contributed by atoms with van der Waals surface area (Å²) in [7, 11) is 3.12. The lowest BCUT2D eigenvalue weighted by Crippen LogP contribution is -2.34. The molecule has 1 aliphatic carbocycles. The first-order valence-electron chi connectivity index (χ1n) is 10.5. The first kappa shape index (κ1) is 22.0. The second-order valence-electron chi connectivity index (χ2n) is 8.01. The molecule has 1 aliphatic rings. The quantitative estimate of drug-likeness (QED) is 0.455. The number of nitrogens with zero attached hydrogens (tertiary/aromatic N) is 3. The number of carbonyl (C=O) groups excluding carboxylic acids is 1. The molecule has 2 unspecified atom stereocenters. The van der Waals surface area contributed by atoms with Gasteiger partial charge in [-0.05, 0) is 49.8 Å². The zero-order chi connectivity index (χ0) is 22.8. The van der Waals surface area contributed by atoms with Gasteiger partial charge in [0.25, 0.3) is 11.5 Å². The molecule has 2 aromatic heterocycles. The highest BCUT2D eigenvalue weighted by Crippen LogP contribution is 2.35. The number of carbonyl (C=O) groups is 1. The van der Waals surface area contributed by atoms with Crippen LogP contribution in [-0.2, 0) is 17.6 Å². The predicted octanol–water partition coefficient (Wildman–Crippen LogP) is 3.31.